The van der Waals surface area contributed by atoms with Gasteiger partial charge in [-0.05, 0) is 13.8 Å². The third kappa shape index (κ3) is 1.77. The first-order chi connectivity index (χ1) is 5.47. The summed E-state index contributed by atoms with van der Waals surface area (Å²) >= 11 is 0. The normalized spacial score (nSPS) is 41.2. The van der Waals surface area contributed by atoms with E-state index in [1.165, 1.54) is 7.11 Å². The van der Waals surface area contributed by atoms with E-state index in [0.717, 1.165) is 0 Å². The van der Waals surface area contributed by atoms with Crippen LogP contribution in [0.25, 0.3) is 0 Å². The molecular weight excluding hydrogens is 160 g/mol. The van der Waals surface area contributed by atoms with Crippen molar-refractivity contribution in [1.29, 1.82) is 0 Å². The molecule has 3 atom stereocenters. The van der Waals surface area contributed by atoms with Gasteiger partial charge in [0.2, 0.25) is 0 Å². The summed E-state index contributed by atoms with van der Waals surface area (Å²) in [7, 11) is 1.52. The Morgan fingerprint density at radius 2 is 2.00 bits per heavy atom. The summed E-state index contributed by atoms with van der Waals surface area (Å²) in [5.41, 5.74) is -0.738. The van der Waals surface area contributed by atoms with Crippen molar-refractivity contribution < 1.29 is 19.7 Å². The second-order valence-corrected chi connectivity index (χ2v) is 3.63. The number of rotatable bonds is 1. The fourth-order valence-corrected chi connectivity index (χ4v) is 1.39. The molecule has 0 radical (unpaired) electrons. The Balaban J connectivity index is 2.65. The van der Waals surface area contributed by atoms with Crippen LogP contribution in [0.15, 0.2) is 0 Å². The lowest BCUT2D eigenvalue weighted by atomic mass is 9.92. The van der Waals surface area contributed by atoms with Gasteiger partial charge in [0.1, 0.15) is 6.10 Å². The molecule has 0 aliphatic carbocycles. The van der Waals surface area contributed by atoms with Crippen molar-refractivity contribution in [3.8, 4) is 0 Å². The second-order valence-electron chi connectivity index (χ2n) is 3.63. The maximum absolute atomic E-state index is 9.49. The van der Waals surface area contributed by atoms with Gasteiger partial charge in [0.25, 0.3) is 0 Å². The van der Waals surface area contributed by atoms with Gasteiger partial charge >= 0.3 is 0 Å². The number of methoxy groups -OCH3 is 1. The van der Waals surface area contributed by atoms with E-state index in [1.807, 2.05) is 0 Å². The van der Waals surface area contributed by atoms with Crippen LogP contribution < -0.4 is 0 Å². The monoisotopic (exact) mass is 176 g/mol. The third-order valence-corrected chi connectivity index (χ3v) is 2.21. The first-order valence-corrected chi connectivity index (χ1v) is 4.04. The van der Waals surface area contributed by atoms with Crippen LogP contribution in [0.4, 0.5) is 0 Å². The summed E-state index contributed by atoms with van der Waals surface area (Å²) in [6, 6.07) is 0. The van der Waals surface area contributed by atoms with Crippen LogP contribution >= 0.6 is 0 Å². The standard InChI is InChI=1S/C8H16O4/c1-8(2)7(10)5(9)4-6(11-3)12-8/h5-7,9-10H,4H2,1-3H3/t5-,6+,7-/m1/s1. The van der Waals surface area contributed by atoms with Gasteiger partial charge in [0.15, 0.2) is 6.29 Å². The van der Waals surface area contributed by atoms with Crippen molar-refractivity contribution in [2.45, 2.75) is 44.4 Å². The Kier molecular flexibility index (Phi) is 2.73. The Morgan fingerprint density at radius 1 is 1.42 bits per heavy atom. The van der Waals surface area contributed by atoms with Gasteiger partial charge in [-0.2, -0.15) is 0 Å². The first-order valence-electron chi connectivity index (χ1n) is 4.04. The van der Waals surface area contributed by atoms with Crippen molar-refractivity contribution in [3.05, 3.63) is 0 Å². The van der Waals surface area contributed by atoms with Crippen LogP contribution in [-0.2, 0) is 9.47 Å². The number of aliphatic hydroxyl groups excluding tert-OH is 2. The zero-order valence-electron chi connectivity index (χ0n) is 7.65. The quantitative estimate of drug-likeness (QED) is 0.584. The van der Waals surface area contributed by atoms with Gasteiger partial charge in [-0.25, -0.2) is 0 Å². The highest BCUT2D eigenvalue weighted by molar-refractivity contribution is 4.89. The van der Waals surface area contributed by atoms with Crippen LogP contribution in [0, 0.1) is 0 Å². The average Bonchev–Trinajstić information content (AvgIpc) is 1.99. The molecule has 0 saturated carbocycles. The molecule has 0 unspecified atom stereocenters. The fraction of sp³-hybridized carbons (Fsp3) is 1.00. The fourth-order valence-electron chi connectivity index (χ4n) is 1.39. The molecule has 1 aliphatic rings. The van der Waals surface area contributed by atoms with E-state index in [2.05, 4.69) is 0 Å². The first kappa shape index (κ1) is 9.92. The molecular formula is C8H16O4. The summed E-state index contributed by atoms with van der Waals surface area (Å²) in [6.07, 6.45) is -1.71. The van der Waals surface area contributed by atoms with Gasteiger partial charge in [-0.3, -0.25) is 0 Å². The van der Waals surface area contributed by atoms with E-state index >= 15 is 0 Å². The lowest BCUT2D eigenvalue weighted by molar-refractivity contribution is -0.276. The largest absolute Gasteiger partial charge is 0.390 e. The van der Waals surface area contributed by atoms with E-state index in [-0.39, 0.29) is 0 Å². The van der Waals surface area contributed by atoms with E-state index in [9.17, 15) is 10.2 Å². The van der Waals surface area contributed by atoms with Gasteiger partial charge in [-0.1, -0.05) is 0 Å². The summed E-state index contributed by atoms with van der Waals surface area (Å²) < 4.78 is 10.3. The molecule has 0 aromatic carbocycles. The van der Waals surface area contributed by atoms with E-state index < -0.39 is 24.1 Å². The van der Waals surface area contributed by atoms with Gasteiger partial charge in [-0.15, -0.1) is 0 Å². The van der Waals surface area contributed by atoms with Crippen molar-refractivity contribution in [1.82, 2.24) is 0 Å². The minimum Gasteiger partial charge on any atom is -0.390 e. The zero-order valence-corrected chi connectivity index (χ0v) is 7.65. The van der Waals surface area contributed by atoms with E-state index in [0.29, 0.717) is 6.42 Å². The molecule has 72 valence electrons. The average molecular weight is 176 g/mol. The molecule has 1 heterocycles. The SMILES string of the molecule is CO[C@@H]1C[C@@H](O)[C@@H](O)C(C)(C)O1. The second kappa shape index (κ2) is 3.30. The molecule has 4 heteroatoms. The molecule has 1 aliphatic heterocycles. The Morgan fingerprint density at radius 3 is 2.42 bits per heavy atom. The predicted molar refractivity (Wildman–Crippen MR) is 42.6 cm³/mol. The summed E-state index contributed by atoms with van der Waals surface area (Å²) in [5, 5.41) is 18.9. The van der Waals surface area contributed by atoms with Crippen molar-refractivity contribution in [2.24, 2.45) is 0 Å². The van der Waals surface area contributed by atoms with Crippen LogP contribution in [0.2, 0.25) is 0 Å². The lowest BCUT2D eigenvalue weighted by Crippen LogP contribution is -2.54. The molecule has 1 saturated heterocycles. The Labute approximate surface area is 72.1 Å². The van der Waals surface area contributed by atoms with Crippen LogP contribution in [-0.4, -0.2) is 41.4 Å². The molecule has 2 N–H and O–H groups in total. The number of hydrogen-bond donors (Lipinski definition) is 2. The highest BCUT2D eigenvalue weighted by Crippen LogP contribution is 2.28. The molecule has 1 rings (SSSR count). The van der Waals surface area contributed by atoms with Crippen LogP contribution in [0.5, 0.6) is 0 Å². The maximum Gasteiger partial charge on any atom is 0.160 e. The summed E-state index contributed by atoms with van der Waals surface area (Å²) in [6.45, 7) is 3.46. The number of aliphatic hydroxyl groups is 2. The van der Waals surface area contributed by atoms with Gasteiger partial charge in [0.05, 0.1) is 11.7 Å². The molecule has 1 fully saturated rings. The van der Waals surface area contributed by atoms with E-state index in [1.54, 1.807) is 13.8 Å². The zero-order chi connectivity index (χ0) is 9.35. The van der Waals surface area contributed by atoms with Crippen molar-refractivity contribution >= 4 is 0 Å². The highest BCUT2D eigenvalue weighted by Gasteiger charge is 2.42. The van der Waals surface area contributed by atoms with Gasteiger partial charge in [0, 0.05) is 13.5 Å². The van der Waals surface area contributed by atoms with Gasteiger partial charge < -0.3 is 19.7 Å². The molecule has 4 nitrogen and oxygen atoms in total. The minimum absolute atomic E-state index is 0.321. The summed E-state index contributed by atoms with van der Waals surface area (Å²) in [5.74, 6) is 0. The molecule has 0 spiro atoms. The Hall–Kier alpha value is -0.160. The third-order valence-electron chi connectivity index (χ3n) is 2.21. The molecule has 0 bridgehead atoms. The molecule has 0 amide bonds. The minimum atomic E-state index is -0.844. The van der Waals surface area contributed by atoms with Crippen molar-refractivity contribution in [3.63, 3.8) is 0 Å². The number of ether oxygens (including phenoxy) is 2. The highest BCUT2D eigenvalue weighted by atomic mass is 16.7. The Bertz CT molecular complexity index is 157. The van der Waals surface area contributed by atoms with Crippen LogP contribution in [0.1, 0.15) is 20.3 Å². The molecule has 0 aromatic heterocycles. The van der Waals surface area contributed by atoms with Crippen LogP contribution in [0.3, 0.4) is 0 Å². The topological polar surface area (TPSA) is 58.9 Å². The molecule has 0 aromatic rings. The summed E-state index contributed by atoms with van der Waals surface area (Å²) in [4.78, 5) is 0. The van der Waals surface area contributed by atoms with E-state index in [4.69, 9.17) is 9.47 Å². The molecule has 12 heavy (non-hydrogen) atoms. The smallest absolute Gasteiger partial charge is 0.160 e. The predicted octanol–water partition coefficient (Wildman–Crippen LogP) is -0.120. The maximum atomic E-state index is 9.49. The number of hydrogen-bond acceptors (Lipinski definition) is 4. The lowest BCUT2D eigenvalue weighted by Gasteiger charge is -2.41. The van der Waals surface area contributed by atoms with Crippen molar-refractivity contribution in [2.75, 3.05) is 7.11 Å².